The van der Waals surface area contributed by atoms with Crippen molar-refractivity contribution in [2.45, 2.75) is 13.5 Å². The summed E-state index contributed by atoms with van der Waals surface area (Å²) in [6.45, 7) is 1.58. The lowest BCUT2D eigenvalue weighted by Crippen LogP contribution is -2.33. The molecule has 8 nitrogen and oxygen atoms in total. The third kappa shape index (κ3) is 3.40. The van der Waals surface area contributed by atoms with E-state index in [0.29, 0.717) is 10.9 Å². The van der Waals surface area contributed by atoms with Gasteiger partial charge in [0.2, 0.25) is 5.91 Å². The number of amides is 1. The van der Waals surface area contributed by atoms with Crippen molar-refractivity contribution in [3.8, 4) is 0 Å². The third-order valence-corrected chi connectivity index (χ3v) is 3.31. The molecule has 2 rings (SSSR count). The van der Waals surface area contributed by atoms with Crippen LogP contribution < -0.4 is 5.32 Å². The number of hydrogen-bond acceptors (Lipinski definition) is 4. The highest BCUT2D eigenvalue weighted by molar-refractivity contribution is 5.85. The SMILES string of the molecule is CC(CNC(=O)Cn1ccc2cc([N+](=O)[O-])ccc21)C(=O)O. The average Bonchev–Trinajstić information content (AvgIpc) is 2.86. The van der Waals surface area contributed by atoms with E-state index in [1.54, 1.807) is 22.9 Å². The van der Waals surface area contributed by atoms with Crippen LogP contribution in [0.5, 0.6) is 0 Å². The maximum Gasteiger partial charge on any atom is 0.308 e. The van der Waals surface area contributed by atoms with Crippen molar-refractivity contribution in [2.75, 3.05) is 6.54 Å². The van der Waals surface area contributed by atoms with Crippen LogP contribution in [0.2, 0.25) is 0 Å². The number of aromatic nitrogens is 1. The molecule has 0 aliphatic rings. The van der Waals surface area contributed by atoms with E-state index in [-0.39, 0.29) is 24.7 Å². The Bertz CT molecular complexity index is 737. The van der Waals surface area contributed by atoms with Gasteiger partial charge in [0.15, 0.2) is 0 Å². The lowest BCUT2D eigenvalue weighted by molar-refractivity contribution is -0.384. The number of nitrogens with one attached hydrogen (secondary N) is 1. The Hall–Kier alpha value is -2.90. The molecule has 0 aliphatic heterocycles. The van der Waals surface area contributed by atoms with E-state index in [2.05, 4.69) is 5.32 Å². The molecule has 0 bridgehead atoms. The molecule has 2 aromatic rings. The number of carbonyl (C=O) groups excluding carboxylic acids is 1. The minimum absolute atomic E-state index is 0.00927. The number of benzene rings is 1. The van der Waals surface area contributed by atoms with E-state index >= 15 is 0 Å². The van der Waals surface area contributed by atoms with Gasteiger partial charge >= 0.3 is 5.97 Å². The molecule has 0 aliphatic carbocycles. The lowest BCUT2D eigenvalue weighted by atomic mass is 10.2. The Morgan fingerprint density at radius 2 is 2.14 bits per heavy atom. The average molecular weight is 305 g/mol. The molecular formula is C14H15N3O5. The lowest BCUT2D eigenvalue weighted by Gasteiger charge is -2.09. The van der Waals surface area contributed by atoms with Gasteiger partial charge < -0.3 is 15.0 Å². The number of carboxylic acid groups (broad SMARTS) is 1. The molecule has 1 aromatic heterocycles. The molecule has 116 valence electrons. The summed E-state index contributed by atoms with van der Waals surface area (Å²) in [5.74, 6) is -1.95. The van der Waals surface area contributed by atoms with Gasteiger partial charge in [0, 0.05) is 35.8 Å². The van der Waals surface area contributed by atoms with Crippen molar-refractivity contribution in [1.82, 2.24) is 9.88 Å². The zero-order valence-corrected chi connectivity index (χ0v) is 11.9. The number of hydrogen-bond donors (Lipinski definition) is 2. The van der Waals surface area contributed by atoms with Crippen LogP contribution in [0.15, 0.2) is 30.5 Å². The third-order valence-electron chi connectivity index (χ3n) is 3.31. The topological polar surface area (TPSA) is 114 Å². The van der Waals surface area contributed by atoms with Gasteiger partial charge in [-0.3, -0.25) is 19.7 Å². The Balaban J connectivity index is 2.07. The normalized spacial score (nSPS) is 12.0. The van der Waals surface area contributed by atoms with E-state index in [1.807, 2.05) is 0 Å². The number of nitrogens with zero attached hydrogens (tertiary/aromatic N) is 2. The summed E-state index contributed by atoms with van der Waals surface area (Å²) in [5, 5.41) is 22.7. The molecule has 0 spiro atoms. The number of fused-ring (bicyclic) bond motifs is 1. The molecule has 2 N–H and O–H groups in total. The van der Waals surface area contributed by atoms with Gasteiger partial charge in [-0.2, -0.15) is 0 Å². The smallest absolute Gasteiger partial charge is 0.308 e. The van der Waals surface area contributed by atoms with Crippen molar-refractivity contribution in [3.63, 3.8) is 0 Å². The first-order valence-corrected chi connectivity index (χ1v) is 6.61. The van der Waals surface area contributed by atoms with E-state index < -0.39 is 16.8 Å². The highest BCUT2D eigenvalue weighted by Gasteiger charge is 2.13. The molecule has 8 heteroatoms. The molecule has 0 saturated heterocycles. The number of nitro benzene ring substituents is 1. The first kappa shape index (κ1) is 15.5. The molecule has 22 heavy (non-hydrogen) atoms. The second-order valence-electron chi connectivity index (χ2n) is 4.99. The van der Waals surface area contributed by atoms with Crippen LogP contribution in [-0.2, 0) is 16.1 Å². The van der Waals surface area contributed by atoms with Crippen molar-refractivity contribution in [2.24, 2.45) is 5.92 Å². The van der Waals surface area contributed by atoms with Gasteiger partial charge in [0.1, 0.15) is 6.54 Å². The van der Waals surface area contributed by atoms with Crippen LogP contribution in [0, 0.1) is 16.0 Å². The molecule has 1 atom stereocenters. The predicted octanol–water partition coefficient (Wildman–Crippen LogP) is 1.39. The monoisotopic (exact) mass is 305 g/mol. The van der Waals surface area contributed by atoms with E-state index in [0.717, 1.165) is 0 Å². The minimum atomic E-state index is -0.973. The largest absolute Gasteiger partial charge is 0.481 e. The molecule has 1 heterocycles. The van der Waals surface area contributed by atoms with E-state index in [9.17, 15) is 19.7 Å². The van der Waals surface area contributed by atoms with Crippen molar-refractivity contribution in [3.05, 3.63) is 40.6 Å². The van der Waals surface area contributed by atoms with Crippen LogP contribution in [-0.4, -0.2) is 33.0 Å². The Morgan fingerprint density at radius 3 is 2.77 bits per heavy atom. The molecule has 0 fully saturated rings. The number of aliphatic carboxylic acids is 1. The van der Waals surface area contributed by atoms with Gasteiger partial charge in [0.25, 0.3) is 5.69 Å². The summed E-state index contributed by atoms with van der Waals surface area (Å²) >= 11 is 0. The molecular weight excluding hydrogens is 290 g/mol. The Kier molecular flexibility index (Phi) is 4.40. The summed E-state index contributed by atoms with van der Waals surface area (Å²) in [5.41, 5.74) is 0.692. The van der Waals surface area contributed by atoms with Gasteiger partial charge in [0.05, 0.1) is 10.8 Å². The Labute approximate surface area is 125 Å². The van der Waals surface area contributed by atoms with Gasteiger partial charge in [-0.1, -0.05) is 6.92 Å². The minimum Gasteiger partial charge on any atom is -0.481 e. The number of carboxylic acids is 1. The van der Waals surface area contributed by atoms with Crippen molar-refractivity contribution in [1.29, 1.82) is 0 Å². The predicted molar refractivity (Wildman–Crippen MR) is 78.4 cm³/mol. The molecule has 1 unspecified atom stereocenters. The summed E-state index contributed by atoms with van der Waals surface area (Å²) in [6, 6.07) is 6.09. The fourth-order valence-corrected chi connectivity index (χ4v) is 2.00. The zero-order valence-electron chi connectivity index (χ0n) is 11.9. The number of carbonyl (C=O) groups is 2. The molecule has 1 amide bonds. The fourth-order valence-electron chi connectivity index (χ4n) is 2.00. The van der Waals surface area contributed by atoms with Crippen LogP contribution in [0.4, 0.5) is 5.69 Å². The van der Waals surface area contributed by atoms with Crippen LogP contribution in [0.3, 0.4) is 0 Å². The number of non-ortho nitro benzene ring substituents is 1. The number of rotatable bonds is 6. The maximum atomic E-state index is 11.8. The van der Waals surface area contributed by atoms with Crippen molar-refractivity contribution >= 4 is 28.5 Å². The van der Waals surface area contributed by atoms with E-state index in [4.69, 9.17) is 5.11 Å². The van der Waals surface area contributed by atoms with E-state index in [1.165, 1.54) is 19.1 Å². The summed E-state index contributed by atoms with van der Waals surface area (Å²) in [6.07, 6.45) is 1.66. The second-order valence-corrected chi connectivity index (χ2v) is 4.99. The summed E-state index contributed by atoms with van der Waals surface area (Å²) in [7, 11) is 0. The van der Waals surface area contributed by atoms with Gasteiger partial charge in [-0.15, -0.1) is 0 Å². The highest BCUT2D eigenvalue weighted by Crippen LogP contribution is 2.21. The zero-order chi connectivity index (χ0) is 16.3. The maximum absolute atomic E-state index is 11.8. The van der Waals surface area contributed by atoms with Crippen molar-refractivity contribution < 1.29 is 19.6 Å². The number of nitro groups is 1. The molecule has 0 saturated carbocycles. The van der Waals surface area contributed by atoms with Gasteiger partial charge in [-0.25, -0.2) is 0 Å². The molecule has 1 aromatic carbocycles. The highest BCUT2D eigenvalue weighted by atomic mass is 16.6. The first-order valence-electron chi connectivity index (χ1n) is 6.61. The second kappa shape index (κ2) is 6.25. The van der Waals surface area contributed by atoms with Crippen LogP contribution >= 0.6 is 0 Å². The summed E-state index contributed by atoms with van der Waals surface area (Å²) < 4.78 is 1.65. The van der Waals surface area contributed by atoms with Crippen LogP contribution in [0.25, 0.3) is 10.9 Å². The van der Waals surface area contributed by atoms with Gasteiger partial charge in [-0.05, 0) is 12.1 Å². The Morgan fingerprint density at radius 1 is 1.41 bits per heavy atom. The standard InChI is InChI=1S/C14H15N3O5/c1-9(14(19)20)7-15-13(18)8-16-5-4-10-6-11(17(21)22)2-3-12(10)16/h2-6,9H,7-8H2,1H3,(H,15,18)(H,19,20). The first-order chi connectivity index (χ1) is 10.4. The van der Waals surface area contributed by atoms with Crippen LogP contribution in [0.1, 0.15) is 6.92 Å². The fraction of sp³-hybridized carbons (Fsp3) is 0.286. The summed E-state index contributed by atoms with van der Waals surface area (Å²) in [4.78, 5) is 32.7. The molecule has 0 radical (unpaired) electrons. The quantitative estimate of drug-likeness (QED) is 0.618.